The minimum absolute atomic E-state index is 0.212. The van der Waals surface area contributed by atoms with Gasteiger partial charge in [0.25, 0.3) is 0 Å². The molecule has 0 saturated carbocycles. The highest BCUT2D eigenvalue weighted by Gasteiger charge is 2.13. The van der Waals surface area contributed by atoms with E-state index in [-0.39, 0.29) is 5.41 Å². The van der Waals surface area contributed by atoms with Gasteiger partial charge in [-0.05, 0) is 62.2 Å². The second-order valence-corrected chi connectivity index (χ2v) is 8.21. The summed E-state index contributed by atoms with van der Waals surface area (Å²) in [5.41, 5.74) is 4.30. The first-order chi connectivity index (χ1) is 11.9. The van der Waals surface area contributed by atoms with E-state index < -0.39 is 0 Å². The monoisotopic (exact) mass is 338 g/mol. The maximum Gasteiger partial charge on any atom is 0.0429 e. The maximum atomic E-state index is 2.50. The van der Waals surface area contributed by atoms with Crippen molar-refractivity contribution in [2.75, 3.05) is 32.1 Å². The molecule has 2 aromatic rings. The zero-order valence-electron chi connectivity index (χ0n) is 16.6. The van der Waals surface area contributed by atoms with Crippen LogP contribution in [-0.2, 0) is 12.0 Å². The van der Waals surface area contributed by atoms with Crippen LogP contribution in [-0.4, -0.2) is 32.1 Å². The molecule has 0 atom stereocenters. The van der Waals surface area contributed by atoms with Gasteiger partial charge in [0.05, 0.1) is 0 Å². The molecular weight excluding hydrogens is 304 g/mol. The fraction of sp³-hybridized carbons (Fsp3) is 0.478. The Hall–Kier alpha value is -1.80. The third kappa shape index (κ3) is 6.55. The van der Waals surface area contributed by atoms with E-state index >= 15 is 0 Å². The Morgan fingerprint density at radius 1 is 0.760 bits per heavy atom. The van der Waals surface area contributed by atoms with Crippen LogP contribution in [0, 0.1) is 0 Å². The van der Waals surface area contributed by atoms with Crippen LogP contribution in [0.3, 0.4) is 0 Å². The molecule has 2 rings (SSSR count). The molecule has 0 aliphatic rings. The van der Waals surface area contributed by atoms with Crippen molar-refractivity contribution in [2.45, 2.75) is 45.6 Å². The van der Waals surface area contributed by atoms with Crippen LogP contribution in [0.5, 0.6) is 0 Å². The number of hydrogen-bond donors (Lipinski definition) is 0. The second kappa shape index (κ2) is 9.05. The lowest BCUT2D eigenvalue weighted by Gasteiger charge is -2.26. The Kier molecular flexibility index (Phi) is 7.07. The van der Waals surface area contributed by atoms with Crippen molar-refractivity contribution in [1.82, 2.24) is 4.90 Å². The van der Waals surface area contributed by atoms with E-state index in [0.717, 1.165) is 19.6 Å². The van der Waals surface area contributed by atoms with Crippen molar-refractivity contribution >= 4 is 5.69 Å². The van der Waals surface area contributed by atoms with Crippen molar-refractivity contribution in [1.29, 1.82) is 0 Å². The van der Waals surface area contributed by atoms with E-state index in [1.54, 1.807) is 0 Å². The quantitative estimate of drug-likeness (QED) is 0.600. The van der Waals surface area contributed by atoms with E-state index in [1.165, 1.54) is 29.7 Å². The summed E-state index contributed by atoms with van der Waals surface area (Å²) in [5.74, 6) is 0. The molecule has 0 N–H and O–H groups in total. The molecule has 0 radical (unpaired) electrons. The average molecular weight is 339 g/mol. The molecule has 136 valence electrons. The molecule has 0 aliphatic carbocycles. The van der Waals surface area contributed by atoms with Crippen molar-refractivity contribution < 1.29 is 0 Å². The third-order valence-corrected chi connectivity index (χ3v) is 4.60. The number of anilines is 1. The van der Waals surface area contributed by atoms with Crippen LogP contribution in [0.4, 0.5) is 5.69 Å². The van der Waals surface area contributed by atoms with Gasteiger partial charge in [0, 0.05) is 18.8 Å². The summed E-state index contributed by atoms with van der Waals surface area (Å²) < 4.78 is 0. The largest absolute Gasteiger partial charge is 0.367 e. The van der Waals surface area contributed by atoms with Gasteiger partial charge in [-0.2, -0.15) is 0 Å². The number of rotatable bonds is 8. The molecule has 0 bridgehead atoms. The Morgan fingerprint density at radius 3 is 1.92 bits per heavy atom. The van der Waals surface area contributed by atoms with Gasteiger partial charge < -0.3 is 9.80 Å². The molecule has 0 aliphatic heterocycles. The maximum absolute atomic E-state index is 2.50. The normalized spacial score (nSPS) is 11.8. The lowest BCUT2D eigenvalue weighted by molar-refractivity contribution is 0.394. The molecule has 0 aromatic heterocycles. The Labute approximate surface area is 154 Å². The van der Waals surface area contributed by atoms with Crippen molar-refractivity contribution in [3.05, 3.63) is 65.7 Å². The van der Waals surface area contributed by atoms with E-state index in [4.69, 9.17) is 0 Å². The summed E-state index contributed by atoms with van der Waals surface area (Å²) in [6.45, 7) is 10.0. The van der Waals surface area contributed by atoms with Gasteiger partial charge in [-0.3, -0.25) is 0 Å². The summed E-state index contributed by atoms with van der Waals surface area (Å²) >= 11 is 0. The average Bonchev–Trinajstić information content (AvgIpc) is 2.58. The Bertz CT molecular complexity index is 609. The number of para-hydroxylation sites is 1. The standard InChI is InChI=1S/C23H34N2/c1-23(2,3)21-15-13-20(14-16-21)19-25(18-10-9-17-24(4)5)22-11-7-6-8-12-22/h6-8,11-16H,9-10,17-19H2,1-5H3. The van der Waals surface area contributed by atoms with Crippen molar-refractivity contribution in [3.63, 3.8) is 0 Å². The first-order valence-electron chi connectivity index (χ1n) is 9.40. The summed E-state index contributed by atoms with van der Waals surface area (Å²) in [6.07, 6.45) is 2.45. The predicted octanol–water partition coefficient (Wildman–Crippen LogP) is 5.33. The van der Waals surface area contributed by atoms with Gasteiger partial charge in [0.2, 0.25) is 0 Å². The molecule has 0 heterocycles. The van der Waals surface area contributed by atoms with Gasteiger partial charge in [0.1, 0.15) is 0 Å². The zero-order valence-corrected chi connectivity index (χ0v) is 16.6. The fourth-order valence-electron chi connectivity index (χ4n) is 3.00. The van der Waals surface area contributed by atoms with Gasteiger partial charge >= 0.3 is 0 Å². The van der Waals surface area contributed by atoms with E-state index in [1.807, 2.05) is 0 Å². The van der Waals surface area contributed by atoms with Crippen LogP contribution >= 0.6 is 0 Å². The number of benzene rings is 2. The number of unbranched alkanes of at least 4 members (excludes halogenated alkanes) is 1. The zero-order chi connectivity index (χ0) is 18.3. The van der Waals surface area contributed by atoms with E-state index in [9.17, 15) is 0 Å². The van der Waals surface area contributed by atoms with Gasteiger partial charge in [-0.25, -0.2) is 0 Å². The molecule has 2 aromatic carbocycles. The van der Waals surface area contributed by atoms with Crippen LogP contribution in [0.1, 0.15) is 44.7 Å². The Balaban J connectivity index is 2.05. The minimum atomic E-state index is 0.212. The highest BCUT2D eigenvalue weighted by atomic mass is 15.1. The van der Waals surface area contributed by atoms with Crippen LogP contribution in [0.25, 0.3) is 0 Å². The van der Waals surface area contributed by atoms with Crippen LogP contribution in [0.15, 0.2) is 54.6 Å². The van der Waals surface area contributed by atoms with Crippen molar-refractivity contribution in [2.24, 2.45) is 0 Å². The fourth-order valence-corrected chi connectivity index (χ4v) is 3.00. The summed E-state index contributed by atoms with van der Waals surface area (Å²) in [4.78, 5) is 4.76. The van der Waals surface area contributed by atoms with Crippen molar-refractivity contribution in [3.8, 4) is 0 Å². The van der Waals surface area contributed by atoms with Crippen LogP contribution < -0.4 is 4.90 Å². The van der Waals surface area contributed by atoms with Gasteiger partial charge in [-0.15, -0.1) is 0 Å². The first kappa shape index (κ1) is 19.5. The topological polar surface area (TPSA) is 6.48 Å². The predicted molar refractivity (Wildman–Crippen MR) is 110 cm³/mol. The Morgan fingerprint density at radius 2 is 1.36 bits per heavy atom. The molecule has 0 saturated heterocycles. The second-order valence-electron chi connectivity index (χ2n) is 8.21. The SMILES string of the molecule is CN(C)CCCCN(Cc1ccc(C(C)(C)C)cc1)c1ccccc1. The van der Waals surface area contributed by atoms with E-state index in [2.05, 4.69) is 99.3 Å². The lowest BCUT2D eigenvalue weighted by atomic mass is 9.87. The number of nitrogens with zero attached hydrogens (tertiary/aromatic N) is 2. The summed E-state index contributed by atoms with van der Waals surface area (Å²) in [7, 11) is 4.29. The number of hydrogen-bond acceptors (Lipinski definition) is 2. The third-order valence-electron chi connectivity index (χ3n) is 4.60. The molecule has 0 unspecified atom stereocenters. The lowest BCUT2D eigenvalue weighted by Crippen LogP contribution is -2.25. The molecule has 25 heavy (non-hydrogen) atoms. The molecule has 0 spiro atoms. The highest BCUT2D eigenvalue weighted by molar-refractivity contribution is 5.46. The molecule has 2 heteroatoms. The highest BCUT2D eigenvalue weighted by Crippen LogP contribution is 2.23. The molecule has 2 nitrogen and oxygen atoms in total. The summed E-state index contributed by atoms with van der Waals surface area (Å²) in [5, 5.41) is 0. The molecular formula is C23H34N2. The first-order valence-corrected chi connectivity index (χ1v) is 9.40. The molecule has 0 fully saturated rings. The van der Waals surface area contributed by atoms with Gasteiger partial charge in [-0.1, -0.05) is 63.2 Å². The van der Waals surface area contributed by atoms with E-state index in [0.29, 0.717) is 0 Å². The summed E-state index contributed by atoms with van der Waals surface area (Å²) in [6, 6.07) is 19.9. The minimum Gasteiger partial charge on any atom is -0.367 e. The smallest absolute Gasteiger partial charge is 0.0429 e. The van der Waals surface area contributed by atoms with Crippen LogP contribution in [0.2, 0.25) is 0 Å². The van der Waals surface area contributed by atoms with Gasteiger partial charge in [0.15, 0.2) is 0 Å². The molecule has 0 amide bonds.